The minimum Gasteiger partial charge on any atom is -0.461 e. The van der Waals surface area contributed by atoms with Gasteiger partial charge in [-0.1, -0.05) is 23.4 Å². The van der Waals surface area contributed by atoms with Gasteiger partial charge in [0.2, 0.25) is 0 Å². The van der Waals surface area contributed by atoms with Crippen molar-refractivity contribution in [2.24, 2.45) is 5.16 Å². The second-order valence-electron chi connectivity index (χ2n) is 3.04. The summed E-state index contributed by atoms with van der Waals surface area (Å²) in [6, 6.07) is 5.97. The van der Waals surface area contributed by atoms with E-state index in [1.54, 1.807) is 19.1 Å². The van der Waals surface area contributed by atoms with Crippen molar-refractivity contribution in [3.63, 3.8) is 0 Å². The molecule has 4 nitrogen and oxygen atoms in total. The van der Waals surface area contributed by atoms with Gasteiger partial charge >= 0.3 is 5.97 Å². The van der Waals surface area contributed by atoms with Gasteiger partial charge in [-0.2, -0.15) is 0 Å². The third kappa shape index (κ3) is 3.05. The molecule has 1 aromatic rings. The molecule has 0 aliphatic rings. The number of esters is 1. The summed E-state index contributed by atoms with van der Waals surface area (Å²) in [5.41, 5.74) is 0.0651. The molecule has 0 amide bonds. The van der Waals surface area contributed by atoms with E-state index in [4.69, 9.17) is 5.21 Å². The molecule has 0 atom stereocenters. The van der Waals surface area contributed by atoms with E-state index in [0.717, 1.165) is 0 Å². The Morgan fingerprint density at radius 2 is 2.19 bits per heavy atom. The van der Waals surface area contributed by atoms with Gasteiger partial charge in [0.25, 0.3) is 0 Å². The molecule has 1 N–H and O–H groups in total. The number of halogens is 1. The van der Waals surface area contributed by atoms with Crippen LogP contribution in [0.2, 0.25) is 0 Å². The maximum absolute atomic E-state index is 13.2. The molecule has 0 unspecified atom stereocenters. The number of hydrogen-bond acceptors (Lipinski definition) is 4. The molecule has 16 heavy (non-hydrogen) atoms. The molecular weight excluding hydrogens is 213 g/mol. The molecule has 0 aliphatic carbocycles. The van der Waals surface area contributed by atoms with Crippen LogP contribution in [0.5, 0.6) is 0 Å². The Kier molecular flexibility index (Phi) is 4.44. The van der Waals surface area contributed by atoms with Gasteiger partial charge in [0.1, 0.15) is 5.82 Å². The lowest BCUT2D eigenvalue weighted by molar-refractivity contribution is -0.135. The Bertz CT molecular complexity index is 404. The van der Waals surface area contributed by atoms with E-state index in [0.29, 0.717) is 0 Å². The highest BCUT2D eigenvalue weighted by atomic mass is 19.1. The standard InChI is InChI=1S/C11H12FNO3/c1-2-16-11(14)10(13-15)7-8-5-3-4-6-9(8)12/h3-6,15H,2,7H2,1H3/b13-10-. The third-order valence-corrected chi connectivity index (χ3v) is 1.95. The number of rotatable bonds is 4. The first-order chi connectivity index (χ1) is 7.69. The summed E-state index contributed by atoms with van der Waals surface area (Å²) in [6.45, 7) is 1.81. The quantitative estimate of drug-likeness (QED) is 0.367. The zero-order valence-electron chi connectivity index (χ0n) is 8.81. The minimum atomic E-state index is -0.742. The first-order valence-corrected chi connectivity index (χ1v) is 4.80. The van der Waals surface area contributed by atoms with Gasteiger partial charge in [-0.3, -0.25) is 0 Å². The number of carbonyl (C=O) groups excluding carboxylic acids is 1. The highest BCUT2D eigenvalue weighted by Crippen LogP contribution is 2.08. The fourth-order valence-electron chi connectivity index (χ4n) is 1.18. The molecule has 1 aromatic carbocycles. The van der Waals surface area contributed by atoms with Gasteiger partial charge < -0.3 is 9.94 Å². The molecule has 0 aliphatic heterocycles. The lowest BCUT2D eigenvalue weighted by Crippen LogP contribution is -2.20. The number of nitrogens with zero attached hydrogens (tertiary/aromatic N) is 1. The molecule has 0 saturated carbocycles. The Balaban J connectivity index is 2.79. The van der Waals surface area contributed by atoms with Gasteiger partial charge in [0, 0.05) is 6.42 Å². The average molecular weight is 225 g/mol. The topological polar surface area (TPSA) is 58.9 Å². The molecular formula is C11H12FNO3. The van der Waals surface area contributed by atoms with Crippen LogP contribution in [-0.2, 0) is 16.0 Å². The van der Waals surface area contributed by atoms with Gasteiger partial charge in [-0.25, -0.2) is 9.18 Å². The zero-order valence-corrected chi connectivity index (χ0v) is 8.81. The number of benzene rings is 1. The maximum atomic E-state index is 13.2. The first-order valence-electron chi connectivity index (χ1n) is 4.80. The summed E-state index contributed by atoms with van der Waals surface area (Å²) in [5.74, 6) is -1.19. The average Bonchev–Trinajstić information content (AvgIpc) is 2.28. The van der Waals surface area contributed by atoms with Crippen LogP contribution in [-0.4, -0.2) is 23.5 Å². The van der Waals surface area contributed by atoms with Crippen molar-refractivity contribution in [3.8, 4) is 0 Å². The van der Waals surface area contributed by atoms with E-state index in [1.165, 1.54) is 12.1 Å². The van der Waals surface area contributed by atoms with Crippen molar-refractivity contribution >= 4 is 11.7 Å². The lowest BCUT2D eigenvalue weighted by Gasteiger charge is -2.04. The monoisotopic (exact) mass is 225 g/mol. The van der Waals surface area contributed by atoms with Crippen LogP contribution in [0, 0.1) is 5.82 Å². The Morgan fingerprint density at radius 1 is 1.50 bits per heavy atom. The van der Waals surface area contributed by atoms with E-state index >= 15 is 0 Å². The highest BCUT2D eigenvalue weighted by molar-refractivity contribution is 6.36. The molecule has 5 heteroatoms. The van der Waals surface area contributed by atoms with Crippen LogP contribution in [0.4, 0.5) is 4.39 Å². The first kappa shape index (κ1) is 12.2. The maximum Gasteiger partial charge on any atom is 0.356 e. The lowest BCUT2D eigenvalue weighted by atomic mass is 10.1. The highest BCUT2D eigenvalue weighted by Gasteiger charge is 2.15. The molecule has 0 aromatic heterocycles. The molecule has 86 valence electrons. The van der Waals surface area contributed by atoms with Crippen molar-refractivity contribution < 1.29 is 19.1 Å². The number of carbonyl (C=O) groups is 1. The van der Waals surface area contributed by atoms with Crippen molar-refractivity contribution in [1.29, 1.82) is 0 Å². The van der Waals surface area contributed by atoms with Crippen LogP contribution < -0.4 is 0 Å². The molecule has 0 fully saturated rings. The second-order valence-corrected chi connectivity index (χ2v) is 3.04. The van der Waals surface area contributed by atoms with Gasteiger partial charge in [-0.05, 0) is 18.6 Å². The molecule has 0 spiro atoms. The normalized spacial score (nSPS) is 11.2. The predicted octanol–water partition coefficient (Wildman–Crippen LogP) is 1.76. The van der Waals surface area contributed by atoms with E-state index in [9.17, 15) is 9.18 Å². The fraction of sp³-hybridized carbons (Fsp3) is 0.273. The van der Waals surface area contributed by atoms with Crippen LogP contribution in [0.15, 0.2) is 29.4 Å². The molecule has 0 bridgehead atoms. The van der Waals surface area contributed by atoms with E-state index in [2.05, 4.69) is 9.89 Å². The predicted molar refractivity (Wildman–Crippen MR) is 56.0 cm³/mol. The van der Waals surface area contributed by atoms with Crippen molar-refractivity contribution in [1.82, 2.24) is 0 Å². The molecule has 0 heterocycles. The van der Waals surface area contributed by atoms with E-state index in [-0.39, 0.29) is 24.3 Å². The fourth-order valence-corrected chi connectivity index (χ4v) is 1.18. The smallest absolute Gasteiger partial charge is 0.356 e. The van der Waals surface area contributed by atoms with Crippen LogP contribution in [0.3, 0.4) is 0 Å². The van der Waals surface area contributed by atoms with Crippen molar-refractivity contribution in [2.75, 3.05) is 6.61 Å². The number of oxime groups is 1. The van der Waals surface area contributed by atoms with Crippen LogP contribution in [0.25, 0.3) is 0 Å². The van der Waals surface area contributed by atoms with Crippen LogP contribution in [0.1, 0.15) is 12.5 Å². The molecule has 0 radical (unpaired) electrons. The Labute approximate surface area is 92.3 Å². The summed E-state index contributed by atoms with van der Waals surface area (Å²) in [4.78, 5) is 11.3. The minimum absolute atomic E-state index is 0.0952. The summed E-state index contributed by atoms with van der Waals surface area (Å²) in [7, 11) is 0. The SMILES string of the molecule is CCOC(=O)/C(Cc1ccccc1F)=N\O. The van der Waals surface area contributed by atoms with Gasteiger partial charge in [0.05, 0.1) is 6.61 Å². The van der Waals surface area contributed by atoms with Gasteiger partial charge in [-0.15, -0.1) is 0 Å². The molecule has 1 rings (SSSR count). The summed E-state index contributed by atoms with van der Waals surface area (Å²) < 4.78 is 17.9. The number of hydrogen-bond donors (Lipinski definition) is 1. The van der Waals surface area contributed by atoms with Crippen molar-refractivity contribution in [3.05, 3.63) is 35.6 Å². The van der Waals surface area contributed by atoms with Crippen molar-refractivity contribution in [2.45, 2.75) is 13.3 Å². The summed E-state index contributed by atoms with van der Waals surface area (Å²) in [5, 5.41) is 11.5. The van der Waals surface area contributed by atoms with E-state index in [1.807, 2.05) is 0 Å². The largest absolute Gasteiger partial charge is 0.461 e. The van der Waals surface area contributed by atoms with Gasteiger partial charge in [0.15, 0.2) is 5.71 Å². The second kappa shape index (κ2) is 5.85. The summed E-state index contributed by atoms with van der Waals surface area (Å²) in [6.07, 6.45) is -0.0952. The van der Waals surface area contributed by atoms with E-state index < -0.39 is 11.8 Å². The number of ether oxygens (including phenoxy) is 1. The molecule has 0 saturated heterocycles. The Hall–Kier alpha value is -1.91. The Morgan fingerprint density at radius 3 is 2.75 bits per heavy atom. The zero-order chi connectivity index (χ0) is 12.0. The third-order valence-electron chi connectivity index (χ3n) is 1.95. The summed E-state index contributed by atoms with van der Waals surface area (Å²) >= 11 is 0. The van der Waals surface area contributed by atoms with Crippen LogP contribution >= 0.6 is 0 Å².